The molecule has 3 rings (SSSR count). The quantitative estimate of drug-likeness (QED) is 0.694. The molecule has 1 N–H and O–H groups in total. The van der Waals surface area contributed by atoms with Gasteiger partial charge in [0.15, 0.2) is 0 Å². The topological polar surface area (TPSA) is 30.5 Å². The van der Waals surface area contributed by atoms with Gasteiger partial charge >= 0.3 is 0 Å². The summed E-state index contributed by atoms with van der Waals surface area (Å²) in [5, 5.41) is 3.35. The highest BCUT2D eigenvalue weighted by Crippen LogP contribution is 2.22. The summed E-state index contributed by atoms with van der Waals surface area (Å²) in [6.45, 7) is 0.575. The Hall–Kier alpha value is -2.94. The zero-order chi connectivity index (χ0) is 15.9. The smallest absolute Gasteiger partial charge is 0.119 e. The van der Waals surface area contributed by atoms with Crippen LogP contribution in [0.1, 0.15) is 5.56 Å². The molecule has 0 aliphatic heterocycles. The first kappa shape index (κ1) is 15.0. The van der Waals surface area contributed by atoms with E-state index < -0.39 is 0 Å². The Morgan fingerprint density at radius 1 is 0.696 bits per heavy atom. The van der Waals surface area contributed by atoms with Crippen LogP contribution in [0.4, 0.5) is 11.4 Å². The molecule has 116 valence electrons. The van der Waals surface area contributed by atoms with Crippen molar-refractivity contribution in [2.75, 3.05) is 12.4 Å². The summed E-state index contributed by atoms with van der Waals surface area (Å²) < 4.78 is 10.9. The number of methoxy groups -OCH3 is 1. The fourth-order valence-corrected chi connectivity index (χ4v) is 2.22. The fourth-order valence-electron chi connectivity index (χ4n) is 2.22. The lowest BCUT2D eigenvalue weighted by atomic mass is 10.2. The Balaban J connectivity index is 1.58. The largest absolute Gasteiger partial charge is 0.497 e. The second kappa shape index (κ2) is 7.36. The molecule has 0 aliphatic carbocycles. The Kier molecular flexibility index (Phi) is 4.79. The fraction of sp³-hybridized carbons (Fsp3) is 0.100. The molecule has 23 heavy (non-hydrogen) atoms. The van der Waals surface area contributed by atoms with Gasteiger partial charge in [0.1, 0.15) is 18.1 Å². The highest BCUT2D eigenvalue weighted by Gasteiger charge is 1.98. The highest BCUT2D eigenvalue weighted by molar-refractivity contribution is 5.61. The molecule has 0 aromatic heterocycles. The first-order chi connectivity index (χ1) is 11.3. The van der Waals surface area contributed by atoms with Gasteiger partial charge in [0.2, 0.25) is 0 Å². The monoisotopic (exact) mass is 305 g/mol. The molecule has 0 atom stereocenters. The van der Waals surface area contributed by atoms with Crippen molar-refractivity contribution in [3.05, 3.63) is 84.4 Å². The van der Waals surface area contributed by atoms with Crippen LogP contribution in [0.5, 0.6) is 11.5 Å². The lowest BCUT2D eigenvalue weighted by Crippen LogP contribution is -1.95. The van der Waals surface area contributed by atoms with Crippen LogP contribution < -0.4 is 14.8 Å². The van der Waals surface area contributed by atoms with Crippen LogP contribution in [0.15, 0.2) is 78.9 Å². The Morgan fingerprint density at radius 2 is 1.26 bits per heavy atom. The summed E-state index contributed by atoms with van der Waals surface area (Å²) in [7, 11) is 1.66. The van der Waals surface area contributed by atoms with Gasteiger partial charge in [-0.3, -0.25) is 0 Å². The molecule has 3 aromatic rings. The van der Waals surface area contributed by atoms with Gasteiger partial charge in [0, 0.05) is 11.4 Å². The van der Waals surface area contributed by atoms with Gasteiger partial charge in [-0.25, -0.2) is 0 Å². The van der Waals surface area contributed by atoms with Crippen molar-refractivity contribution in [1.82, 2.24) is 0 Å². The van der Waals surface area contributed by atoms with Crippen molar-refractivity contribution >= 4 is 11.4 Å². The van der Waals surface area contributed by atoms with Gasteiger partial charge in [-0.15, -0.1) is 0 Å². The Labute approximate surface area is 136 Å². The molecule has 3 heteroatoms. The minimum Gasteiger partial charge on any atom is -0.497 e. The number of hydrogen-bond donors (Lipinski definition) is 1. The summed E-state index contributed by atoms with van der Waals surface area (Å²) in [5.41, 5.74) is 3.19. The van der Waals surface area contributed by atoms with Crippen LogP contribution in [0.3, 0.4) is 0 Å². The van der Waals surface area contributed by atoms with Crippen LogP contribution >= 0.6 is 0 Å². The van der Waals surface area contributed by atoms with Gasteiger partial charge in [-0.2, -0.15) is 0 Å². The molecule has 0 heterocycles. The van der Waals surface area contributed by atoms with Gasteiger partial charge in [-0.1, -0.05) is 30.3 Å². The molecular weight excluding hydrogens is 286 g/mol. The summed E-state index contributed by atoms with van der Waals surface area (Å²) >= 11 is 0. The first-order valence-electron chi connectivity index (χ1n) is 7.51. The summed E-state index contributed by atoms with van der Waals surface area (Å²) in [4.78, 5) is 0. The summed E-state index contributed by atoms with van der Waals surface area (Å²) in [6, 6.07) is 25.9. The Morgan fingerprint density at radius 3 is 1.83 bits per heavy atom. The third-order valence-electron chi connectivity index (χ3n) is 3.48. The van der Waals surface area contributed by atoms with E-state index in [1.54, 1.807) is 7.11 Å². The number of hydrogen-bond acceptors (Lipinski definition) is 3. The molecule has 3 aromatic carbocycles. The maximum absolute atomic E-state index is 5.78. The van der Waals surface area contributed by atoms with Crippen LogP contribution in [-0.4, -0.2) is 7.11 Å². The van der Waals surface area contributed by atoms with E-state index in [0.717, 1.165) is 28.4 Å². The van der Waals surface area contributed by atoms with Crippen molar-refractivity contribution in [2.45, 2.75) is 6.61 Å². The molecule has 0 bridgehead atoms. The molecule has 0 saturated carbocycles. The van der Waals surface area contributed by atoms with E-state index in [0.29, 0.717) is 6.61 Å². The van der Waals surface area contributed by atoms with Gasteiger partial charge < -0.3 is 14.8 Å². The average molecular weight is 305 g/mol. The molecule has 0 unspecified atom stereocenters. The number of rotatable bonds is 6. The molecule has 0 saturated heterocycles. The predicted octanol–water partition coefficient (Wildman–Crippen LogP) is 5.02. The SMILES string of the molecule is COc1ccc(Nc2ccc(OCc3ccccc3)cc2)cc1. The van der Waals surface area contributed by atoms with Crippen LogP contribution in [0.25, 0.3) is 0 Å². The zero-order valence-electron chi connectivity index (χ0n) is 13.0. The lowest BCUT2D eigenvalue weighted by molar-refractivity contribution is 0.306. The minimum absolute atomic E-state index is 0.575. The van der Waals surface area contributed by atoms with E-state index in [2.05, 4.69) is 17.4 Å². The first-order valence-corrected chi connectivity index (χ1v) is 7.51. The second-order valence-electron chi connectivity index (χ2n) is 5.15. The van der Waals surface area contributed by atoms with E-state index in [4.69, 9.17) is 9.47 Å². The Bertz CT molecular complexity index is 722. The zero-order valence-corrected chi connectivity index (χ0v) is 13.0. The van der Waals surface area contributed by atoms with Gasteiger partial charge in [-0.05, 0) is 54.1 Å². The molecule has 0 spiro atoms. The standard InChI is InChI=1S/C20H19NO2/c1-22-19-11-7-17(8-12-19)21-18-9-13-20(14-10-18)23-15-16-5-3-2-4-6-16/h2-14,21H,15H2,1H3. The lowest BCUT2D eigenvalue weighted by Gasteiger charge is -2.09. The van der Waals surface area contributed by atoms with Crippen LogP contribution in [-0.2, 0) is 6.61 Å². The number of anilines is 2. The van der Waals surface area contributed by atoms with Crippen molar-refractivity contribution in [3.8, 4) is 11.5 Å². The van der Waals surface area contributed by atoms with Gasteiger partial charge in [0.25, 0.3) is 0 Å². The van der Waals surface area contributed by atoms with E-state index in [-0.39, 0.29) is 0 Å². The molecular formula is C20H19NO2. The van der Waals surface area contributed by atoms with E-state index >= 15 is 0 Å². The number of ether oxygens (including phenoxy) is 2. The normalized spacial score (nSPS) is 10.1. The molecule has 0 radical (unpaired) electrons. The van der Waals surface area contributed by atoms with Crippen molar-refractivity contribution in [1.29, 1.82) is 0 Å². The van der Waals surface area contributed by atoms with E-state index in [1.807, 2.05) is 66.7 Å². The molecule has 0 amide bonds. The maximum Gasteiger partial charge on any atom is 0.119 e. The number of benzene rings is 3. The third-order valence-corrected chi connectivity index (χ3v) is 3.48. The van der Waals surface area contributed by atoms with Crippen molar-refractivity contribution in [3.63, 3.8) is 0 Å². The van der Waals surface area contributed by atoms with Crippen molar-refractivity contribution in [2.24, 2.45) is 0 Å². The minimum atomic E-state index is 0.575. The molecule has 0 fully saturated rings. The maximum atomic E-state index is 5.78. The van der Waals surface area contributed by atoms with Crippen molar-refractivity contribution < 1.29 is 9.47 Å². The van der Waals surface area contributed by atoms with Crippen LogP contribution in [0.2, 0.25) is 0 Å². The molecule has 3 nitrogen and oxygen atoms in total. The van der Waals surface area contributed by atoms with E-state index in [9.17, 15) is 0 Å². The number of nitrogens with one attached hydrogen (secondary N) is 1. The summed E-state index contributed by atoms with van der Waals surface area (Å²) in [6.07, 6.45) is 0. The highest BCUT2D eigenvalue weighted by atomic mass is 16.5. The predicted molar refractivity (Wildman–Crippen MR) is 93.5 cm³/mol. The van der Waals surface area contributed by atoms with E-state index in [1.165, 1.54) is 0 Å². The summed E-state index contributed by atoms with van der Waals surface area (Å²) in [5.74, 6) is 1.70. The third kappa shape index (κ3) is 4.27. The van der Waals surface area contributed by atoms with Crippen LogP contribution in [0, 0.1) is 0 Å². The second-order valence-corrected chi connectivity index (χ2v) is 5.15. The average Bonchev–Trinajstić information content (AvgIpc) is 2.63. The van der Waals surface area contributed by atoms with Gasteiger partial charge in [0.05, 0.1) is 7.11 Å². The molecule has 0 aliphatic rings.